The lowest BCUT2D eigenvalue weighted by molar-refractivity contribution is -0.394. The average Bonchev–Trinajstić information content (AvgIpc) is 3.15. The van der Waals surface area contributed by atoms with Gasteiger partial charge in [-0.3, -0.25) is 35.1 Å². The van der Waals surface area contributed by atoms with Gasteiger partial charge in [-0.2, -0.15) is 0 Å². The van der Waals surface area contributed by atoms with Gasteiger partial charge in [0, 0.05) is 22.6 Å². The summed E-state index contributed by atoms with van der Waals surface area (Å²) in [6.07, 6.45) is -0.0729. The minimum Gasteiger partial charge on any atom is -0.469 e. The van der Waals surface area contributed by atoms with Crippen LogP contribution in [-0.4, -0.2) is 33.8 Å². The molecule has 0 atom stereocenters. The van der Waals surface area contributed by atoms with Gasteiger partial charge in [0.15, 0.2) is 5.13 Å². The number of non-ortho nitro benzene ring substituents is 2. The highest BCUT2D eigenvalue weighted by atomic mass is 32.1. The lowest BCUT2D eigenvalue weighted by Gasteiger charge is -2.02. The van der Waals surface area contributed by atoms with Crippen LogP contribution in [0.4, 0.5) is 16.5 Å². The summed E-state index contributed by atoms with van der Waals surface area (Å²) in [6.45, 7) is 0. The maximum absolute atomic E-state index is 12.6. The number of methoxy groups -OCH3 is 1. The predicted octanol–water partition coefficient (Wildman–Crippen LogP) is 3.59. The molecule has 158 valence electrons. The summed E-state index contributed by atoms with van der Waals surface area (Å²) in [5.74, 6) is -1.31. The maximum atomic E-state index is 12.6. The van der Waals surface area contributed by atoms with E-state index in [1.54, 1.807) is 24.3 Å². The number of amides is 1. The Morgan fingerprint density at radius 2 is 1.68 bits per heavy atom. The van der Waals surface area contributed by atoms with E-state index in [-0.39, 0.29) is 17.1 Å². The number of carbonyl (C=O) groups is 2. The Kier molecular flexibility index (Phi) is 6.31. The van der Waals surface area contributed by atoms with E-state index in [1.165, 1.54) is 7.11 Å². The predicted molar refractivity (Wildman–Crippen MR) is 111 cm³/mol. The van der Waals surface area contributed by atoms with Gasteiger partial charge in [0.25, 0.3) is 17.3 Å². The summed E-state index contributed by atoms with van der Waals surface area (Å²) >= 11 is 1.03. The van der Waals surface area contributed by atoms with Crippen molar-refractivity contribution in [1.29, 1.82) is 0 Å². The number of esters is 1. The van der Waals surface area contributed by atoms with Gasteiger partial charge >= 0.3 is 5.97 Å². The second kappa shape index (κ2) is 9.09. The number of hydrogen-bond acceptors (Lipinski definition) is 9. The van der Waals surface area contributed by atoms with Gasteiger partial charge in [0.05, 0.1) is 40.7 Å². The van der Waals surface area contributed by atoms with E-state index in [0.717, 1.165) is 29.5 Å². The van der Waals surface area contributed by atoms with Crippen LogP contribution in [0.15, 0.2) is 48.5 Å². The normalized spacial score (nSPS) is 10.4. The molecule has 0 aliphatic carbocycles. The quantitative estimate of drug-likeness (QED) is 0.331. The van der Waals surface area contributed by atoms with Gasteiger partial charge in [-0.15, -0.1) is 11.3 Å². The largest absolute Gasteiger partial charge is 0.469 e. The van der Waals surface area contributed by atoms with Crippen molar-refractivity contribution in [1.82, 2.24) is 4.98 Å². The fraction of sp³-hybridized carbons (Fsp3) is 0.105. The van der Waals surface area contributed by atoms with Crippen molar-refractivity contribution >= 4 is 39.7 Å². The molecular formula is C19H14N4O7S. The number of nitrogens with zero attached hydrogens (tertiary/aromatic N) is 3. The molecule has 0 aliphatic rings. The fourth-order valence-corrected chi connectivity index (χ4v) is 3.62. The van der Waals surface area contributed by atoms with Crippen LogP contribution in [0.1, 0.15) is 15.2 Å². The van der Waals surface area contributed by atoms with Crippen LogP contribution in [0.3, 0.4) is 0 Å². The summed E-state index contributed by atoms with van der Waals surface area (Å²) in [5, 5.41) is 24.7. The number of thiazole rings is 1. The molecule has 0 spiro atoms. The first-order valence-corrected chi connectivity index (χ1v) is 9.47. The summed E-state index contributed by atoms with van der Waals surface area (Å²) < 4.78 is 4.70. The Labute approximate surface area is 178 Å². The third-order valence-corrected chi connectivity index (χ3v) is 5.05. The van der Waals surface area contributed by atoms with Crippen LogP contribution in [0.2, 0.25) is 0 Å². The van der Waals surface area contributed by atoms with Crippen LogP contribution in [0.5, 0.6) is 0 Å². The van der Waals surface area contributed by atoms with Crippen molar-refractivity contribution in [2.75, 3.05) is 12.4 Å². The van der Waals surface area contributed by atoms with Gasteiger partial charge in [0.2, 0.25) is 0 Å². The van der Waals surface area contributed by atoms with Crippen LogP contribution in [0, 0.1) is 20.2 Å². The first-order valence-electron chi connectivity index (χ1n) is 8.65. The van der Waals surface area contributed by atoms with Crippen molar-refractivity contribution < 1.29 is 24.2 Å². The first-order chi connectivity index (χ1) is 14.8. The fourth-order valence-electron chi connectivity index (χ4n) is 2.66. The number of rotatable bonds is 7. The summed E-state index contributed by atoms with van der Waals surface area (Å²) in [4.78, 5) is 49.7. The molecule has 3 rings (SSSR count). The number of aromatic nitrogens is 1. The molecule has 1 aromatic heterocycles. The molecular weight excluding hydrogens is 428 g/mol. The molecule has 1 heterocycles. The smallest absolute Gasteiger partial charge is 0.310 e. The van der Waals surface area contributed by atoms with E-state index >= 15 is 0 Å². The first kappa shape index (κ1) is 21.5. The van der Waals surface area contributed by atoms with Gasteiger partial charge in [-0.25, -0.2) is 4.98 Å². The molecule has 3 aromatic rings. The van der Waals surface area contributed by atoms with Gasteiger partial charge in [-0.1, -0.05) is 30.3 Å². The Morgan fingerprint density at radius 3 is 2.23 bits per heavy atom. The SMILES string of the molecule is COC(=O)Cc1sc(NC(=O)c2cc([N+](=O)[O-])cc([N+](=O)[O-])c2)nc1-c1ccccc1. The van der Waals surface area contributed by atoms with Crippen molar-refractivity contribution in [2.24, 2.45) is 0 Å². The van der Waals surface area contributed by atoms with E-state index in [0.29, 0.717) is 16.1 Å². The molecule has 0 radical (unpaired) electrons. The highest BCUT2D eigenvalue weighted by molar-refractivity contribution is 7.16. The number of carbonyl (C=O) groups excluding carboxylic acids is 2. The van der Waals surface area contributed by atoms with Crippen molar-refractivity contribution in [3.63, 3.8) is 0 Å². The van der Waals surface area contributed by atoms with E-state index < -0.39 is 33.1 Å². The van der Waals surface area contributed by atoms with Crippen molar-refractivity contribution in [3.05, 3.63) is 79.2 Å². The number of hydrogen-bond donors (Lipinski definition) is 1. The molecule has 0 aliphatic heterocycles. The van der Waals surface area contributed by atoms with E-state index in [4.69, 9.17) is 4.74 Å². The van der Waals surface area contributed by atoms with Gasteiger partial charge < -0.3 is 4.74 Å². The maximum Gasteiger partial charge on any atom is 0.310 e. The lowest BCUT2D eigenvalue weighted by atomic mass is 10.1. The van der Waals surface area contributed by atoms with Crippen LogP contribution in [-0.2, 0) is 16.0 Å². The molecule has 0 saturated carbocycles. The highest BCUT2D eigenvalue weighted by Gasteiger charge is 2.22. The topological polar surface area (TPSA) is 155 Å². The van der Waals surface area contributed by atoms with Crippen LogP contribution >= 0.6 is 11.3 Å². The number of ether oxygens (including phenoxy) is 1. The number of nitro groups is 2. The van der Waals surface area contributed by atoms with Gasteiger partial charge in [-0.05, 0) is 0 Å². The van der Waals surface area contributed by atoms with Crippen molar-refractivity contribution in [3.8, 4) is 11.3 Å². The number of anilines is 1. The zero-order valence-corrected chi connectivity index (χ0v) is 16.8. The third kappa shape index (κ3) is 5.05. The molecule has 0 bridgehead atoms. The number of benzene rings is 2. The van der Waals surface area contributed by atoms with Crippen molar-refractivity contribution in [2.45, 2.75) is 6.42 Å². The van der Waals surface area contributed by atoms with E-state index in [2.05, 4.69) is 10.3 Å². The molecule has 1 N–H and O–H groups in total. The molecule has 31 heavy (non-hydrogen) atoms. The average molecular weight is 442 g/mol. The minimum atomic E-state index is -0.824. The second-order valence-corrected chi connectivity index (χ2v) is 7.20. The van der Waals surface area contributed by atoms with E-state index in [9.17, 15) is 29.8 Å². The van der Waals surface area contributed by atoms with E-state index in [1.807, 2.05) is 6.07 Å². The standard InChI is InChI=1S/C19H14N4O7S/c1-30-16(24)10-15-17(11-5-3-2-4-6-11)20-19(31-15)21-18(25)12-7-13(22(26)27)9-14(8-12)23(28)29/h2-9H,10H2,1H3,(H,20,21,25). The number of nitrogens with one attached hydrogen (secondary N) is 1. The Balaban J connectivity index is 1.95. The summed E-state index contributed by atoms with van der Waals surface area (Å²) in [7, 11) is 1.25. The van der Waals surface area contributed by atoms with Crippen LogP contribution in [0.25, 0.3) is 11.3 Å². The molecule has 0 unspecified atom stereocenters. The molecule has 11 nitrogen and oxygen atoms in total. The second-order valence-electron chi connectivity index (χ2n) is 6.12. The Bertz CT molecular complexity index is 1150. The summed E-state index contributed by atoms with van der Waals surface area (Å²) in [5.41, 5.74) is -0.267. The molecule has 0 saturated heterocycles. The lowest BCUT2D eigenvalue weighted by Crippen LogP contribution is -2.12. The van der Waals surface area contributed by atoms with Crippen LogP contribution < -0.4 is 5.32 Å². The minimum absolute atomic E-state index is 0.0729. The molecule has 1 amide bonds. The Morgan fingerprint density at radius 1 is 1.06 bits per heavy atom. The van der Waals surface area contributed by atoms with Gasteiger partial charge in [0.1, 0.15) is 0 Å². The Hall–Kier alpha value is -4.19. The molecule has 12 heteroatoms. The highest BCUT2D eigenvalue weighted by Crippen LogP contribution is 2.32. The summed E-state index contributed by atoms with van der Waals surface area (Å²) in [6, 6.07) is 11.6. The molecule has 2 aromatic carbocycles. The third-order valence-electron chi connectivity index (χ3n) is 4.08. The number of nitro benzene ring substituents is 2. The zero-order valence-electron chi connectivity index (χ0n) is 15.9. The monoisotopic (exact) mass is 442 g/mol. The molecule has 0 fully saturated rings. The zero-order chi connectivity index (χ0) is 22.5.